The molecular formula is C16H17FN4O. The lowest BCUT2D eigenvalue weighted by Crippen LogP contribution is -2.45. The molecule has 0 saturated carbocycles. The Balaban J connectivity index is 1.56. The van der Waals surface area contributed by atoms with E-state index < -0.39 is 0 Å². The summed E-state index contributed by atoms with van der Waals surface area (Å²) < 4.78 is 13.7. The van der Waals surface area contributed by atoms with E-state index in [1.54, 1.807) is 36.7 Å². The van der Waals surface area contributed by atoms with Crippen LogP contribution in [0.25, 0.3) is 0 Å². The molecular weight excluding hydrogens is 283 g/mol. The zero-order valence-corrected chi connectivity index (χ0v) is 12.1. The number of rotatable bonds is 3. The van der Waals surface area contributed by atoms with Crippen molar-refractivity contribution >= 4 is 11.7 Å². The molecule has 0 spiro atoms. The summed E-state index contributed by atoms with van der Waals surface area (Å²) >= 11 is 0. The molecule has 2 aromatic heterocycles. The fraction of sp³-hybridized carbons (Fsp3) is 0.312. The normalized spacial score (nSPS) is 15.6. The first-order valence-corrected chi connectivity index (χ1v) is 7.31. The maximum Gasteiger partial charge on any atom is 0.270 e. The second kappa shape index (κ2) is 6.51. The number of halogens is 1. The van der Waals surface area contributed by atoms with Crippen molar-refractivity contribution in [1.82, 2.24) is 15.3 Å². The number of carbonyl (C=O) groups excluding carboxylic acids is 1. The highest BCUT2D eigenvalue weighted by Crippen LogP contribution is 2.20. The molecule has 1 N–H and O–H groups in total. The van der Waals surface area contributed by atoms with E-state index in [4.69, 9.17) is 0 Å². The Bertz CT molecular complexity index is 642. The zero-order chi connectivity index (χ0) is 15.4. The van der Waals surface area contributed by atoms with Crippen LogP contribution >= 0.6 is 0 Å². The average Bonchev–Trinajstić information content (AvgIpc) is 2.57. The summed E-state index contributed by atoms with van der Waals surface area (Å²) in [5, 5.41) is 2.98. The van der Waals surface area contributed by atoms with E-state index in [1.165, 1.54) is 6.07 Å². The van der Waals surface area contributed by atoms with Crippen molar-refractivity contribution in [3.63, 3.8) is 0 Å². The third-order valence-corrected chi connectivity index (χ3v) is 3.77. The molecule has 22 heavy (non-hydrogen) atoms. The van der Waals surface area contributed by atoms with Gasteiger partial charge < -0.3 is 10.2 Å². The monoisotopic (exact) mass is 300 g/mol. The van der Waals surface area contributed by atoms with Crippen LogP contribution in [0.15, 0.2) is 42.7 Å². The maximum absolute atomic E-state index is 13.7. The van der Waals surface area contributed by atoms with Crippen LogP contribution < -0.4 is 10.2 Å². The Kier molecular flexibility index (Phi) is 4.27. The van der Waals surface area contributed by atoms with E-state index >= 15 is 0 Å². The number of amides is 1. The van der Waals surface area contributed by atoms with Gasteiger partial charge in [0.05, 0.1) is 0 Å². The van der Waals surface area contributed by atoms with Gasteiger partial charge in [0.15, 0.2) is 11.6 Å². The lowest BCUT2D eigenvalue weighted by atomic mass is 10.0. The number of nitrogens with one attached hydrogen (secondary N) is 1. The van der Waals surface area contributed by atoms with Crippen molar-refractivity contribution in [3.05, 3.63) is 54.2 Å². The minimum absolute atomic E-state index is 0.0810. The van der Waals surface area contributed by atoms with E-state index in [0.717, 1.165) is 12.8 Å². The number of pyridine rings is 2. The number of hydrogen-bond acceptors (Lipinski definition) is 4. The van der Waals surface area contributed by atoms with Gasteiger partial charge in [-0.05, 0) is 37.1 Å². The Morgan fingerprint density at radius 3 is 2.59 bits per heavy atom. The lowest BCUT2D eigenvalue weighted by molar-refractivity contribution is 0.0926. The topological polar surface area (TPSA) is 58.1 Å². The number of nitrogens with zero attached hydrogens (tertiary/aromatic N) is 3. The fourth-order valence-corrected chi connectivity index (χ4v) is 2.60. The van der Waals surface area contributed by atoms with Crippen LogP contribution in [0.3, 0.4) is 0 Å². The van der Waals surface area contributed by atoms with Crippen molar-refractivity contribution in [2.24, 2.45) is 0 Å². The standard InChI is InChI=1S/C16H17FN4O/c17-13-4-3-9-19-15(13)21-10-6-12(7-11-21)20-16(22)14-5-1-2-8-18-14/h1-5,8-9,12H,6-7,10-11H2,(H,20,22). The van der Waals surface area contributed by atoms with E-state index in [0.29, 0.717) is 24.6 Å². The Morgan fingerprint density at radius 2 is 1.91 bits per heavy atom. The molecule has 0 aliphatic carbocycles. The molecule has 1 aliphatic heterocycles. The van der Waals surface area contributed by atoms with Crippen LogP contribution in [0, 0.1) is 5.82 Å². The van der Waals surface area contributed by atoms with Crippen LogP contribution in [0.5, 0.6) is 0 Å². The average molecular weight is 300 g/mol. The lowest BCUT2D eigenvalue weighted by Gasteiger charge is -2.33. The molecule has 0 unspecified atom stereocenters. The van der Waals surface area contributed by atoms with Crippen molar-refractivity contribution < 1.29 is 9.18 Å². The summed E-state index contributed by atoms with van der Waals surface area (Å²) in [6.45, 7) is 1.34. The molecule has 6 heteroatoms. The van der Waals surface area contributed by atoms with E-state index in [2.05, 4.69) is 15.3 Å². The first-order valence-electron chi connectivity index (χ1n) is 7.31. The van der Waals surface area contributed by atoms with Crippen molar-refractivity contribution in [2.45, 2.75) is 18.9 Å². The quantitative estimate of drug-likeness (QED) is 0.942. The predicted molar refractivity (Wildman–Crippen MR) is 81.1 cm³/mol. The van der Waals surface area contributed by atoms with Gasteiger partial charge in [-0.2, -0.15) is 0 Å². The second-order valence-electron chi connectivity index (χ2n) is 5.26. The van der Waals surface area contributed by atoms with Gasteiger partial charge >= 0.3 is 0 Å². The number of hydrogen-bond donors (Lipinski definition) is 1. The van der Waals surface area contributed by atoms with Gasteiger partial charge in [0.25, 0.3) is 5.91 Å². The van der Waals surface area contributed by atoms with Crippen molar-refractivity contribution in [3.8, 4) is 0 Å². The highest BCUT2D eigenvalue weighted by molar-refractivity contribution is 5.92. The van der Waals surface area contributed by atoms with E-state index in [9.17, 15) is 9.18 Å². The maximum atomic E-state index is 13.7. The van der Waals surface area contributed by atoms with Gasteiger partial charge in [0.1, 0.15) is 5.69 Å². The molecule has 2 aromatic rings. The molecule has 0 radical (unpaired) electrons. The molecule has 114 valence electrons. The summed E-state index contributed by atoms with van der Waals surface area (Å²) in [5.41, 5.74) is 0.417. The molecule has 1 fully saturated rings. The molecule has 1 saturated heterocycles. The molecule has 0 atom stereocenters. The number of carbonyl (C=O) groups is 1. The third-order valence-electron chi connectivity index (χ3n) is 3.77. The second-order valence-corrected chi connectivity index (χ2v) is 5.26. The van der Waals surface area contributed by atoms with Crippen LogP contribution in [-0.2, 0) is 0 Å². The largest absolute Gasteiger partial charge is 0.354 e. The fourth-order valence-electron chi connectivity index (χ4n) is 2.60. The van der Waals surface area contributed by atoms with Gasteiger partial charge in [0.2, 0.25) is 0 Å². The van der Waals surface area contributed by atoms with Gasteiger partial charge in [-0.25, -0.2) is 9.37 Å². The molecule has 3 heterocycles. The molecule has 0 bridgehead atoms. The summed E-state index contributed by atoms with van der Waals surface area (Å²) in [6.07, 6.45) is 4.71. The third kappa shape index (κ3) is 3.21. The van der Waals surface area contributed by atoms with Gasteiger partial charge in [0, 0.05) is 31.5 Å². The van der Waals surface area contributed by atoms with E-state index in [-0.39, 0.29) is 17.8 Å². The Morgan fingerprint density at radius 1 is 1.14 bits per heavy atom. The Labute approximate surface area is 128 Å². The first kappa shape index (κ1) is 14.4. The summed E-state index contributed by atoms with van der Waals surface area (Å²) in [7, 11) is 0. The number of aromatic nitrogens is 2. The highest BCUT2D eigenvalue weighted by Gasteiger charge is 2.23. The smallest absolute Gasteiger partial charge is 0.270 e. The first-order chi connectivity index (χ1) is 10.7. The minimum Gasteiger partial charge on any atom is -0.354 e. The predicted octanol–water partition coefficient (Wildman–Crippen LogP) is 2.01. The molecule has 1 amide bonds. The van der Waals surface area contributed by atoms with Gasteiger partial charge in [-0.15, -0.1) is 0 Å². The molecule has 0 aromatic carbocycles. The van der Waals surface area contributed by atoms with E-state index in [1.807, 2.05) is 4.90 Å². The van der Waals surface area contributed by atoms with Crippen LogP contribution in [-0.4, -0.2) is 35.0 Å². The zero-order valence-electron chi connectivity index (χ0n) is 12.1. The SMILES string of the molecule is O=C(NC1CCN(c2ncccc2F)CC1)c1ccccn1. The van der Waals surface area contributed by atoms with Crippen LogP contribution in [0.2, 0.25) is 0 Å². The van der Waals surface area contributed by atoms with Crippen molar-refractivity contribution in [1.29, 1.82) is 0 Å². The molecule has 3 rings (SSSR count). The van der Waals surface area contributed by atoms with Crippen LogP contribution in [0.4, 0.5) is 10.2 Å². The van der Waals surface area contributed by atoms with Gasteiger partial charge in [-0.1, -0.05) is 6.07 Å². The number of piperidine rings is 1. The summed E-state index contributed by atoms with van der Waals surface area (Å²) in [6, 6.07) is 8.33. The Hall–Kier alpha value is -2.50. The minimum atomic E-state index is -0.307. The number of anilines is 1. The van der Waals surface area contributed by atoms with Gasteiger partial charge in [-0.3, -0.25) is 9.78 Å². The molecule has 5 nitrogen and oxygen atoms in total. The summed E-state index contributed by atoms with van der Waals surface area (Å²) in [5.74, 6) is -0.0847. The molecule has 1 aliphatic rings. The van der Waals surface area contributed by atoms with Crippen molar-refractivity contribution in [2.75, 3.05) is 18.0 Å². The summed E-state index contributed by atoms with van der Waals surface area (Å²) in [4.78, 5) is 22.1. The highest BCUT2D eigenvalue weighted by atomic mass is 19.1. The van der Waals surface area contributed by atoms with Crippen LogP contribution in [0.1, 0.15) is 23.3 Å².